The van der Waals surface area contributed by atoms with Gasteiger partial charge in [0.25, 0.3) is 5.91 Å². The molecule has 0 unspecified atom stereocenters. The lowest BCUT2D eigenvalue weighted by Gasteiger charge is -2.16. The highest BCUT2D eigenvalue weighted by molar-refractivity contribution is 5.89. The quantitative estimate of drug-likeness (QED) is 0.546. The number of carbonyl (C=O) groups is 1. The Bertz CT molecular complexity index is 870. The van der Waals surface area contributed by atoms with E-state index in [2.05, 4.69) is 16.6 Å². The number of hydrogen-bond acceptors (Lipinski definition) is 6. The molecule has 0 radical (unpaired) electrons. The van der Waals surface area contributed by atoms with Crippen molar-refractivity contribution in [3.05, 3.63) is 47.0 Å². The monoisotopic (exact) mass is 398 g/mol. The van der Waals surface area contributed by atoms with Gasteiger partial charge in [0.1, 0.15) is 23.0 Å². The van der Waals surface area contributed by atoms with Crippen LogP contribution in [0, 0.1) is 0 Å². The van der Waals surface area contributed by atoms with E-state index in [0.29, 0.717) is 28.6 Å². The van der Waals surface area contributed by atoms with Crippen LogP contribution in [-0.4, -0.2) is 40.1 Å². The molecule has 2 aromatic rings. The molecule has 1 aliphatic rings. The summed E-state index contributed by atoms with van der Waals surface area (Å²) >= 11 is 0. The Labute approximate surface area is 170 Å². The van der Waals surface area contributed by atoms with E-state index in [0.717, 1.165) is 12.8 Å². The largest absolute Gasteiger partial charge is 0.496 e. The lowest BCUT2D eigenvalue weighted by atomic mass is 9.92. The molecule has 0 saturated carbocycles. The SMILES string of the molecule is COc1cc(OC)c(/C=N\NC(=O)COc2ccc3c(c2)CCCC3)c(OC)c1. The average molecular weight is 398 g/mol. The maximum absolute atomic E-state index is 12.1. The zero-order valence-corrected chi connectivity index (χ0v) is 17.0. The minimum absolute atomic E-state index is 0.118. The topological polar surface area (TPSA) is 78.4 Å². The van der Waals surface area contributed by atoms with Gasteiger partial charge in [0.05, 0.1) is 33.1 Å². The lowest BCUT2D eigenvalue weighted by Crippen LogP contribution is -2.24. The molecule has 1 aliphatic carbocycles. The van der Waals surface area contributed by atoms with E-state index in [-0.39, 0.29) is 12.5 Å². The fourth-order valence-electron chi connectivity index (χ4n) is 3.31. The van der Waals surface area contributed by atoms with E-state index in [4.69, 9.17) is 18.9 Å². The van der Waals surface area contributed by atoms with Crippen molar-refractivity contribution in [2.75, 3.05) is 27.9 Å². The summed E-state index contributed by atoms with van der Waals surface area (Å²) in [6, 6.07) is 9.45. The number of hydrazone groups is 1. The molecule has 0 fully saturated rings. The molecule has 7 heteroatoms. The number of fused-ring (bicyclic) bond motifs is 1. The summed E-state index contributed by atoms with van der Waals surface area (Å²) in [4.78, 5) is 12.1. The fraction of sp³-hybridized carbons (Fsp3) is 0.364. The highest BCUT2D eigenvalue weighted by Gasteiger charge is 2.12. The molecule has 0 spiro atoms. The van der Waals surface area contributed by atoms with Crippen LogP contribution >= 0.6 is 0 Å². The van der Waals surface area contributed by atoms with Crippen LogP contribution in [-0.2, 0) is 17.6 Å². The summed E-state index contributed by atoms with van der Waals surface area (Å²) < 4.78 is 21.5. The molecule has 154 valence electrons. The molecule has 2 aromatic carbocycles. The molecule has 29 heavy (non-hydrogen) atoms. The molecule has 7 nitrogen and oxygen atoms in total. The molecular weight excluding hydrogens is 372 g/mol. The molecule has 0 saturated heterocycles. The van der Waals surface area contributed by atoms with Gasteiger partial charge in [0, 0.05) is 12.1 Å². The summed E-state index contributed by atoms with van der Waals surface area (Å²) in [5, 5.41) is 3.99. The predicted molar refractivity (Wildman–Crippen MR) is 110 cm³/mol. The van der Waals surface area contributed by atoms with Crippen molar-refractivity contribution >= 4 is 12.1 Å². The van der Waals surface area contributed by atoms with E-state index < -0.39 is 0 Å². The van der Waals surface area contributed by atoms with Gasteiger partial charge in [-0.15, -0.1) is 0 Å². The van der Waals surface area contributed by atoms with Gasteiger partial charge in [-0.1, -0.05) is 6.07 Å². The first kappa shape index (κ1) is 20.5. The molecule has 3 rings (SSSR count). The van der Waals surface area contributed by atoms with Gasteiger partial charge >= 0.3 is 0 Å². The zero-order chi connectivity index (χ0) is 20.6. The Balaban J connectivity index is 1.59. The van der Waals surface area contributed by atoms with E-state index >= 15 is 0 Å². The average Bonchev–Trinajstić information content (AvgIpc) is 2.77. The number of aryl methyl sites for hydroxylation is 2. The van der Waals surface area contributed by atoms with Gasteiger partial charge in [0.2, 0.25) is 0 Å². The number of methoxy groups -OCH3 is 3. The number of nitrogens with one attached hydrogen (secondary N) is 1. The van der Waals surface area contributed by atoms with Crippen molar-refractivity contribution in [1.29, 1.82) is 0 Å². The highest BCUT2D eigenvalue weighted by atomic mass is 16.5. The Morgan fingerprint density at radius 1 is 0.966 bits per heavy atom. The fourth-order valence-corrected chi connectivity index (χ4v) is 3.31. The van der Waals surface area contributed by atoms with Crippen LogP contribution < -0.4 is 24.4 Å². The molecule has 1 amide bonds. The summed E-state index contributed by atoms with van der Waals surface area (Å²) in [5.41, 5.74) is 5.73. The van der Waals surface area contributed by atoms with Crippen LogP contribution in [0.3, 0.4) is 0 Å². The minimum Gasteiger partial charge on any atom is -0.496 e. The third kappa shape index (κ3) is 5.19. The minimum atomic E-state index is -0.356. The van der Waals surface area contributed by atoms with E-state index in [1.165, 1.54) is 44.4 Å². The first-order valence-electron chi connectivity index (χ1n) is 9.51. The van der Waals surface area contributed by atoms with Crippen LogP contribution in [0.2, 0.25) is 0 Å². The van der Waals surface area contributed by atoms with Crippen LogP contribution in [0.4, 0.5) is 0 Å². The number of carbonyl (C=O) groups excluding carboxylic acids is 1. The molecule has 0 aromatic heterocycles. The number of ether oxygens (including phenoxy) is 4. The predicted octanol–water partition coefficient (Wildman–Crippen LogP) is 3.12. The number of benzene rings is 2. The molecular formula is C22H26N2O5. The third-order valence-corrected chi connectivity index (χ3v) is 4.83. The van der Waals surface area contributed by atoms with Crippen molar-refractivity contribution in [2.45, 2.75) is 25.7 Å². The summed E-state index contributed by atoms with van der Waals surface area (Å²) in [5.74, 6) is 1.97. The van der Waals surface area contributed by atoms with Crippen molar-refractivity contribution in [2.24, 2.45) is 5.10 Å². The number of amides is 1. The number of rotatable bonds is 8. The van der Waals surface area contributed by atoms with Crippen LogP contribution in [0.1, 0.15) is 29.5 Å². The van der Waals surface area contributed by atoms with Crippen molar-refractivity contribution in [3.63, 3.8) is 0 Å². The zero-order valence-electron chi connectivity index (χ0n) is 17.0. The number of nitrogens with zero attached hydrogens (tertiary/aromatic N) is 1. The maximum atomic E-state index is 12.1. The smallest absolute Gasteiger partial charge is 0.277 e. The van der Waals surface area contributed by atoms with E-state index in [9.17, 15) is 4.79 Å². The Hall–Kier alpha value is -3.22. The summed E-state index contributed by atoms with van der Waals surface area (Å²) in [6.45, 7) is -0.118. The van der Waals surface area contributed by atoms with E-state index in [1.807, 2.05) is 12.1 Å². The molecule has 0 bridgehead atoms. The Morgan fingerprint density at radius 3 is 2.31 bits per heavy atom. The second-order valence-electron chi connectivity index (χ2n) is 6.67. The van der Waals surface area contributed by atoms with Gasteiger partial charge in [-0.05, 0) is 48.9 Å². The van der Waals surface area contributed by atoms with Crippen molar-refractivity contribution < 1.29 is 23.7 Å². The summed E-state index contributed by atoms with van der Waals surface area (Å²) in [6.07, 6.45) is 6.08. The van der Waals surface area contributed by atoms with E-state index in [1.54, 1.807) is 19.2 Å². The first-order valence-corrected chi connectivity index (χ1v) is 9.51. The Morgan fingerprint density at radius 2 is 1.66 bits per heavy atom. The lowest BCUT2D eigenvalue weighted by molar-refractivity contribution is -0.123. The Kier molecular flexibility index (Phi) is 6.94. The van der Waals surface area contributed by atoms with Crippen LogP contribution in [0.15, 0.2) is 35.4 Å². The van der Waals surface area contributed by atoms with Gasteiger partial charge in [-0.3, -0.25) is 4.79 Å². The molecule has 1 N–H and O–H groups in total. The maximum Gasteiger partial charge on any atom is 0.277 e. The normalized spacial score (nSPS) is 12.9. The van der Waals surface area contributed by atoms with Crippen molar-refractivity contribution in [1.82, 2.24) is 5.43 Å². The third-order valence-electron chi connectivity index (χ3n) is 4.83. The molecule has 0 aliphatic heterocycles. The van der Waals surface area contributed by atoms with Crippen molar-refractivity contribution in [3.8, 4) is 23.0 Å². The van der Waals surface area contributed by atoms with Gasteiger partial charge in [-0.2, -0.15) is 5.10 Å². The standard InChI is InChI=1S/C22H26N2O5/c1-26-18-11-20(27-2)19(21(12-18)28-3)13-23-24-22(25)14-29-17-9-8-15-6-4-5-7-16(15)10-17/h8-13H,4-7,14H2,1-3H3,(H,24,25)/b23-13-. The second kappa shape index (κ2) is 9.82. The molecule has 0 heterocycles. The first-order chi connectivity index (χ1) is 14.1. The molecule has 0 atom stereocenters. The number of hydrogen-bond donors (Lipinski definition) is 1. The van der Waals surface area contributed by atoms with Gasteiger partial charge < -0.3 is 18.9 Å². The van der Waals surface area contributed by atoms with Gasteiger partial charge in [0.15, 0.2) is 6.61 Å². The summed E-state index contributed by atoms with van der Waals surface area (Å²) in [7, 11) is 4.64. The second-order valence-corrected chi connectivity index (χ2v) is 6.67. The van der Waals surface area contributed by atoms with Crippen LogP contribution in [0.5, 0.6) is 23.0 Å². The highest BCUT2D eigenvalue weighted by Crippen LogP contribution is 2.32. The van der Waals surface area contributed by atoms with Crippen LogP contribution in [0.25, 0.3) is 0 Å². The van der Waals surface area contributed by atoms with Gasteiger partial charge in [-0.25, -0.2) is 5.43 Å².